The number of carbonyl (C=O) groups is 1. The number of aliphatic hydroxyl groups excluding tert-OH is 4. The predicted molar refractivity (Wildman–Crippen MR) is 225 cm³/mol. The number of fused-ring (bicyclic) bond motifs is 5. The standard InChI is InChI=1S/C47H76O17/c1-22(48)29-12-15-47(54)45(29,7)35(51)21-34-44(6)13-11-28(16-27(44)10-14-46(34,47)53)61-36-17-30(49)41(24(3)58-36)63-39-20-33(56-9)43(26(5)60-39)64-37-18-31(50)42(25(4)59-37)62-38-19-32(55-8)40(52)23(2)57-38/h10,23-26,28-43,49-54H,11-21H2,1-9H3. The Morgan fingerprint density at radius 2 is 1.19 bits per heavy atom. The van der Waals surface area contributed by atoms with Gasteiger partial charge >= 0.3 is 0 Å². The van der Waals surface area contributed by atoms with Crippen LogP contribution in [-0.4, -0.2) is 172 Å². The van der Waals surface area contributed by atoms with Crippen LogP contribution in [-0.2, 0) is 52.2 Å². The van der Waals surface area contributed by atoms with Crippen LogP contribution in [0.25, 0.3) is 0 Å². The van der Waals surface area contributed by atoms with E-state index in [1.54, 1.807) is 27.9 Å². The van der Waals surface area contributed by atoms with Crippen molar-refractivity contribution in [1.29, 1.82) is 0 Å². The fourth-order valence-corrected chi connectivity index (χ4v) is 13.6. The van der Waals surface area contributed by atoms with E-state index in [9.17, 15) is 35.4 Å². The van der Waals surface area contributed by atoms with Gasteiger partial charge in [-0.1, -0.05) is 25.5 Å². The van der Waals surface area contributed by atoms with Gasteiger partial charge in [-0.05, 0) is 85.0 Å². The average Bonchev–Trinajstić information content (AvgIpc) is 3.53. The predicted octanol–water partition coefficient (Wildman–Crippen LogP) is 2.55. The highest BCUT2D eigenvalue weighted by Gasteiger charge is 2.76. The molecule has 8 aliphatic rings. The molecule has 0 aromatic carbocycles. The van der Waals surface area contributed by atoms with Crippen LogP contribution in [0, 0.1) is 22.7 Å². The number of Topliss-reactive ketones (excluding diaryl/α,β-unsaturated/α-hetero) is 1. The normalized spacial score (nSPS) is 54.3. The molecular formula is C47H76O17. The maximum Gasteiger partial charge on any atom is 0.161 e. The summed E-state index contributed by atoms with van der Waals surface area (Å²) in [5, 5.41) is 69.5. The number of hydrogen-bond acceptors (Lipinski definition) is 17. The first-order valence-corrected chi connectivity index (χ1v) is 23.8. The molecule has 4 aliphatic heterocycles. The lowest BCUT2D eigenvalue weighted by atomic mass is 9.43. The van der Waals surface area contributed by atoms with Crippen LogP contribution in [0.4, 0.5) is 0 Å². The molecule has 24 unspecified atom stereocenters. The number of carbonyl (C=O) groups excluding carboxylic acids is 1. The van der Waals surface area contributed by atoms with Crippen LogP contribution >= 0.6 is 0 Å². The molecule has 0 radical (unpaired) electrons. The topological polar surface area (TPSA) is 231 Å². The second kappa shape index (κ2) is 18.6. The molecule has 0 bridgehead atoms. The molecule has 0 amide bonds. The lowest BCUT2D eigenvalue weighted by molar-refractivity contribution is -0.345. The highest BCUT2D eigenvalue weighted by atomic mass is 16.8. The molecule has 17 heteroatoms. The van der Waals surface area contributed by atoms with Crippen molar-refractivity contribution in [1.82, 2.24) is 0 Å². The Morgan fingerprint density at radius 3 is 1.75 bits per heavy atom. The summed E-state index contributed by atoms with van der Waals surface area (Å²) in [5.74, 6) is -0.972. The van der Waals surface area contributed by atoms with Gasteiger partial charge in [-0.15, -0.1) is 0 Å². The fraction of sp³-hybridized carbons (Fsp3) is 0.936. The molecule has 0 spiro atoms. The van der Waals surface area contributed by atoms with E-state index >= 15 is 0 Å². The first-order chi connectivity index (χ1) is 30.2. The molecule has 6 N–H and O–H groups in total. The zero-order valence-electron chi connectivity index (χ0n) is 39.1. The summed E-state index contributed by atoms with van der Waals surface area (Å²) < 4.78 is 61.5. The first kappa shape index (κ1) is 49.2. The number of methoxy groups -OCH3 is 2. The van der Waals surface area contributed by atoms with E-state index in [4.69, 9.17) is 47.4 Å². The van der Waals surface area contributed by atoms with E-state index in [-0.39, 0.29) is 37.6 Å². The molecule has 3 saturated carbocycles. The van der Waals surface area contributed by atoms with Gasteiger partial charge in [0.05, 0.1) is 61.0 Å². The molecule has 0 aromatic rings. The van der Waals surface area contributed by atoms with Crippen LogP contribution in [0.15, 0.2) is 11.6 Å². The molecule has 8 rings (SSSR count). The summed E-state index contributed by atoms with van der Waals surface area (Å²) in [6.07, 6.45) is -5.40. The van der Waals surface area contributed by atoms with Crippen LogP contribution in [0.2, 0.25) is 0 Å². The second-order valence-corrected chi connectivity index (χ2v) is 20.9. The number of ketones is 1. The van der Waals surface area contributed by atoms with Crippen molar-refractivity contribution in [2.24, 2.45) is 22.7 Å². The van der Waals surface area contributed by atoms with Gasteiger partial charge in [0.1, 0.15) is 41.4 Å². The Labute approximate surface area is 377 Å². The Kier molecular flexibility index (Phi) is 14.3. The summed E-state index contributed by atoms with van der Waals surface area (Å²) in [6, 6.07) is 0. The van der Waals surface area contributed by atoms with Gasteiger partial charge in [0, 0.05) is 57.2 Å². The highest BCUT2D eigenvalue weighted by molar-refractivity contribution is 5.80. The van der Waals surface area contributed by atoms with E-state index in [1.807, 2.05) is 13.8 Å². The lowest BCUT2D eigenvalue weighted by Crippen LogP contribution is -2.75. The van der Waals surface area contributed by atoms with Crippen LogP contribution < -0.4 is 0 Å². The van der Waals surface area contributed by atoms with Gasteiger partial charge in [0.25, 0.3) is 0 Å². The van der Waals surface area contributed by atoms with Gasteiger partial charge in [0.2, 0.25) is 0 Å². The molecule has 64 heavy (non-hydrogen) atoms. The Hall–Kier alpha value is -1.23. The smallest absolute Gasteiger partial charge is 0.161 e. The van der Waals surface area contributed by atoms with Crippen LogP contribution in [0.1, 0.15) is 119 Å². The molecule has 7 fully saturated rings. The van der Waals surface area contributed by atoms with Gasteiger partial charge in [0.15, 0.2) is 25.2 Å². The summed E-state index contributed by atoms with van der Waals surface area (Å²) in [4.78, 5) is 12.7. The average molecular weight is 913 g/mol. The van der Waals surface area contributed by atoms with Crippen molar-refractivity contribution >= 4 is 5.78 Å². The van der Waals surface area contributed by atoms with Crippen molar-refractivity contribution in [3.63, 3.8) is 0 Å². The molecule has 4 heterocycles. The summed E-state index contributed by atoms with van der Waals surface area (Å²) in [6.45, 7) is 12.7. The second-order valence-electron chi connectivity index (χ2n) is 20.9. The van der Waals surface area contributed by atoms with Crippen LogP contribution in [0.3, 0.4) is 0 Å². The Bertz CT molecular complexity index is 1660. The minimum absolute atomic E-state index is 0.0647. The molecule has 24 atom stereocenters. The molecule has 366 valence electrons. The van der Waals surface area contributed by atoms with Crippen LogP contribution in [0.5, 0.6) is 0 Å². The maximum absolute atomic E-state index is 12.7. The van der Waals surface area contributed by atoms with Gasteiger partial charge < -0.3 is 78.0 Å². The maximum atomic E-state index is 12.7. The zero-order valence-corrected chi connectivity index (χ0v) is 39.1. The van der Waals surface area contributed by atoms with E-state index in [0.29, 0.717) is 44.9 Å². The molecule has 4 aliphatic carbocycles. The fourth-order valence-electron chi connectivity index (χ4n) is 13.6. The first-order valence-electron chi connectivity index (χ1n) is 23.8. The van der Waals surface area contributed by atoms with E-state index in [0.717, 1.165) is 5.57 Å². The zero-order chi connectivity index (χ0) is 46.3. The molecule has 17 nitrogen and oxygen atoms in total. The summed E-state index contributed by atoms with van der Waals surface area (Å²) in [7, 11) is 3.12. The van der Waals surface area contributed by atoms with Crippen molar-refractivity contribution < 1.29 is 82.8 Å². The molecule has 0 aromatic heterocycles. The minimum Gasteiger partial charge on any atom is -0.392 e. The third-order valence-electron chi connectivity index (χ3n) is 17.4. The minimum atomic E-state index is -1.60. The number of ether oxygens (including phenoxy) is 10. The van der Waals surface area contributed by atoms with Crippen molar-refractivity contribution in [3.05, 3.63) is 11.6 Å². The van der Waals surface area contributed by atoms with E-state index < -0.39 is 138 Å². The SMILES string of the molecule is COC1CC(OC2C(O)CC(OC3C(C)OC(OC4C(O)CC(OC5CCC6(C)C(=CCC7(O)C6CC(O)C6(C)C(C(C)=O)CCC76O)C5)OC4C)CC3OC)OC2C)OC(C)C1O. The highest BCUT2D eigenvalue weighted by Crippen LogP contribution is 2.69. The summed E-state index contributed by atoms with van der Waals surface area (Å²) >= 11 is 0. The third-order valence-corrected chi connectivity index (χ3v) is 17.4. The third kappa shape index (κ3) is 8.40. The lowest BCUT2D eigenvalue weighted by Gasteiger charge is -2.66. The number of aliphatic hydroxyl groups is 6. The van der Waals surface area contributed by atoms with Gasteiger partial charge in [-0.2, -0.15) is 0 Å². The van der Waals surface area contributed by atoms with Gasteiger partial charge in [-0.25, -0.2) is 0 Å². The quantitative estimate of drug-likeness (QED) is 0.164. The largest absolute Gasteiger partial charge is 0.392 e. The van der Waals surface area contributed by atoms with Gasteiger partial charge in [-0.3, -0.25) is 4.79 Å². The van der Waals surface area contributed by atoms with Crippen molar-refractivity contribution in [3.8, 4) is 0 Å². The van der Waals surface area contributed by atoms with Crippen molar-refractivity contribution in [2.45, 2.75) is 241 Å². The van der Waals surface area contributed by atoms with Crippen molar-refractivity contribution in [2.75, 3.05) is 14.2 Å². The number of hydrogen-bond donors (Lipinski definition) is 6. The molecular weight excluding hydrogens is 836 g/mol. The Morgan fingerprint density at radius 1 is 0.672 bits per heavy atom. The monoisotopic (exact) mass is 913 g/mol. The molecule has 4 saturated heterocycles. The number of rotatable bonds is 11. The Balaban J connectivity index is 0.824. The van der Waals surface area contributed by atoms with E-state index in [1.165, 1.54) is 14.0 Å². The van der Waals surface area contributed by atoms with E-state index in [2.05, 4.69) is 13.0 Å². The summed E-state index contributed by atoms with van der Waals surface area (Å²) in [5.41, 5.74) is -3.55.